The lowest BCUT2D eigenvalue weighted by Crippen LogP contribution is -2.13. The number of amides is 1. The van der Waals surface area contributed by atoms with Crippen LogP contribution in [-0.2, 0) is 0 Å². The van der Waals surface area contributed by atoms with E-state index in [-0.39, 0.29) is 12.0 Å². The van der Waals surface area contributed by atoms with Gasteiger partial charge in [-0.3, -0.25) is 9.78 Å². The van der Waals surface area contributed by atoms with Gasteiger partial charge in [0.25, 0.3) is 5.91 Å². The first-order valence-electron chi connectivity index (χ1n) is 8.57. The number of hydrogen-bond acceptors (Lipinski definition) is 4. The van der Waals surface area contributed by atoms with Crippen LogP contribution in [0.5, 0.6) is 5.75 Å². The van der Waals surface area contributed by atoms with E-state index in [2.05, 4.69) is 15.6 Å². The molecule has 27 heavy (non-hydrogen) atoms. The molecule has 3 rings (SSSR count). The number of hydrogen-bond donors (Lipinski definition) is 2. The van der Waals surface area contributed by atoms with E-state index in [1.807, 2.05) is 38.1 Å². The third kappa shape index (κ3) is 5.21. The summed E-state index contributed by atoms with van der Waals surface area (Å²) < 4.78 is 5.82. The molecule has 0 saturated carbocycles. The van der Waals surface area contributed by atoms with Gasteiger partial charge in [-0.15, -0.1) is 0 Å². The maximum absolute atomic E-state index is 12.5. The maximum Gasteiger partial charge on any atom is 0.274 e. The minimum absolute atomic E-state index is 0.0612. The topological polar surface area (TPSA) is 63.2 Å². The molecular formula is C21H20ClN3O2. The van der Waals surface area contributed by atoms with Gasteiger partial charge in [-0.1, -0.05) is 23.7 Å². The Labute approximate surface area is 163 Å². The number of carbonyl (C=O) groups excluding carboxylic acids is 1. The maximum atomic E-state index is 12.5. The number of benzene rings is 2. The number of para-hydroxylation sites is 2. The first-order valence-corrected chi connectivity index (χ1v) is 8.95. The standard InChI is InChI=1S/C21H20ClN3O2/c1-14(2)27-20-6-4-3-5-18(20)24-17-11-12-23-19(13-17)21(26)25-16-9-7-15(22)8-10-16/h3-14H,1-2H3,(H,23,24)(H,25,26). The molecule has 1 amide bonds. The molecule has 1 heterocycles. The predicted molar refractivity (Wildman–Crippen MR) is 109 cm³/mol. The first kappa shape index (κ1) is 18.7. The average Bonchev–Trinajstić information content (AvgIpc) is 2.65. The minimum Gasteiger partial charge on any atom is -0.489 e. The van der Waals surface area contributed by atoms with E-state index in [9.17, 15) is 4.79 Å². The van der Waals surface area contributed by atoms with Crippen molar-refractivity contribution in [3.05, 3.63) is 77.6 Å². The number of aromatic nitrogens is 1. The Kier molecular flexibility index (Phi) is 5.94. The fourth-order valence-electron chi connectivity index (χ4n) is 2.44. The Morgan fingerprint density at radius 2 is 1.78 bits per heavy atom. The highest BCUT2D eigenvalue weighted by molar-refractivity contribution is 6.30. The molecule has 0 aliphatic heterocycles. The summed E-state index contributed by atoms with van der Waals surface area (Å²) >= 11 is 5.86. The van der Waals surface area contributed by atoms with Gasteiger partial charge in [0.15, 0.2) is 0 Å². The molecule has 138 valence electrons. The molecule has 0 aliphatic rings. The van der Waals surface area contributed by atoms with Gasteiger partial charge in [-0.25, -0.2) is 0 Å². The number of ether oxygens (including phenoxy) is 1. The molecule has 0 aliphatic carbocycles. The zero-order valence-electron chi connectivity index (χ0n) is 15.1. The lowest BCUT2D eigenvalue weighted by Gasteiger charge is -2.15. The van der Waals surface area contributed by atoms with E-state index in [1.165, 1.54) is 0 Å². The Hall–Kier alpha value is -3.05. The normalized spacial score (nSPS) is 10.5. The second-order valence-electron chi connectivity index (χ2n) is 6.18. The van der Waals surface area contributed by atoms with Crippen molar-refractivity contribution in [2.75, 3.05) is 10.6 Å². The van der Waals surface area contributed by atoms with Crippen molar-refractivity contribution in [1.82, 2.24) is 4.98 Å². The second-order valence-corrected chi connectivity index (χ2v) is 6.61. The van der Waals surface area contributed by atoms with E-state index < -0.39 is 0 Å². The number of anilines is 3. The van der Waals surface area contributed by atoms with E-state index in [4.69, 9.17) is 16.3 Å². The van der Waals surface area contributed by atoms with E-state index >= 15 is 0 Å². The summed E-state index contributed by atoms with van der Waals surface area (Å²) in [6.07, 6.45) is 1.65. The van der Waals surface area contributed by atoms with Crippen LogP contribution < -0.4 is 15.4 Å². The highest BCUT2D eigenvalue weighted by Gasteiger charge is 2.10. The lowest BCUT2D eigenvalue weighted by atomic mass is 10.2. The molecule has 6 heteroatoms. The number of carbonyl (C=O) groups is 1. The molecule has 0 unspecified atom stereocenters. The number of pyridine rings is 1. The highest BCUT2D eigenvalue weighted by Crippen LogP contribution is 2.28. The third-order valence-electron chi connectivity index (χ3n) is 3.62. The van der Waals surface area contributed by atoms with Gasteiger partial charge in [0, 0.05) is 22.6 Å². The first-order chi connectivity index (χ1) is 13.0. The Balaban J connectivity index is 1.76. The van der Waals surface area contributed by atoms with Gasteiger partial charge < -0.3 is 15.4 Å². The monoisotopic (exact) mass is 381 g/mol. The molecule has 0 fully saturated rings. The van der Waals surface area contributed by atoms with Gasteiger partial charge in [-0.05, 0) is 62.4 Å². The fraction of sp³-hybridized carbons (Fsp3) is 0.143. The van der Waals surface area contributed by atoms with E-state index in [0.29, 0.717) is 16.4 Å². The molecule has 2 N–H and O–H groups in total. The molecule has 0 atom stereocenters. The Morgan fingerprint density at radius 3 is 2.52 bits per heavy atom. The van der Waals surface area contributed by atoms with Gasteiger partial charge in [-0.2, -0.15) is 0 Å². The van der Waals surface area contributed by atoms with Crippen LogP contribution in [0.1, 0.15) is 24.3 Å². The number of rotatable bonds is 6. The van der Waals surface area contributed by atoms with Gasteiger partial charge in [0.1, 0.15) is 11.4 Å². The Bertz CT molecular complexity index is 927. The Morgan fingerprint density at radius 1 is 1.04 bits per heavy atom. The molecule has 1 aromatic heterocycles. The third-order valence-corrected chi connectivity index (χ3v) is 3.88. The largest absolute Gasteiger partial charge is 0.489 e. The van der Waals surface area contributed by atoms with Crippen molar-refractivity contribution in [3.8, 4) is 5.75 Å². The molecule has 3 aromatic rings. The van der Waals surface area contributed by atoms with Gasteiger partial charge >= 0.3 is 0 Å². The smallest absolute Gasteiger partial charge is 0.274 e. The summed E-state index contributed by atoms with van der Waals surface area (Å²) in [6, 6.07) is 18.1. The van der Waals surface area contributed by atoms with Crippen molar-refractivity contribution in [2.45, 2.75) is 20.0 Å². The van der Waals surface area contributed by atoms with Crippen molar-refractivity contribution >= 4 is 34.6 Å². The molecular weight excluding hydrogens is 362 g/mol. The van der Waals surface area contributed by atoms with Crippen LogP contribution in [0.25, 0.3) is 0 Å². The highest BCUT2D eigenvalue weighted by atomic mass is 35.5. The van der Waals surface area contributed by atoms with E-state index in [1.54, 1.807) is 42.6 Å². The summed E-state index contributed by atoms with van der Waals surface area (Å²) in [5, 5.41) is 6.69. The van der Waals surface area contributed by atoms with Crippen molar-refractivity contribution < 1.29 is 9.53 Å². The number of nitrogens with one attached hydrogen (secondary N) is 2. The van der Waals surface area contributed by atoms with Crippen molar-refractivity contribution in [2.24, 2.45) is 0 Å². The molecule has 2 aromatic carbocycles. The fourth-order valence-corrected chi connectivity index (χ4v) is 2.57. The quantitative estimate of drug-likeness (QED) is 0.590. The predicted octanol–water partition coefficient (Wildman–Crippen LogP) is 5.52. The lowest BCUT2D eigenvalue weighted by molar-refractivity contribution is 0.102. The molecule has 5 nitrogen and oxygen atoms in total. The summed E-state index contributed by atoms with van der Waals surface area (Å²) in [6.45, 7) is 3.95. The second kappa shape index (κ2) is 8.56. The number of halogens is 1. The zero-order chi connectivity index (χ0) is 19.2. The summed E-state index contributed by atoms with van der Waals surface area (Å²) in [4.78, 5) is 16.6. The molecule has 0 radical (unpaired) electrons. The van der Waals surface area contributed by atoms with Crippen LogP contribution in [0.4, 0.5) is 17.1 Å². The zero-order valence-corrected chi connectivity index (χ0v) is 15.8. The number of nitrogens with zero attached hydrogens (tertiary/aromatic N) is 1. The minimum atomic E-state index is -0.298. The summed E-state index contributed by atoms with van der Waals surface area (Å²) in [7, 11) is 0. The van der Waals surface area contributed by atoms with Crippen LogP contribution >= 0.6 is 11.6 Å². The molecule has 0 bridgehead atoms. The van der Waals surface area contributed by atoms with Crippen LogP contribution in [0.2, 0.25) is 5.02 Å². The SMILES string of the molecule is CC(C)Oc1ccccc1Nc1ccnc(C(=O)Nc2ccc(Cl)cc2)c1. The summed E-state index contributed by atoms with van der Waals surface area (Å²) in [5.41, 5.74) is 2.52. The van der Waals surface area contributed by atoms with Gasteiger partial charge in [0.2, 0.25) is 0 Å². The summed E-state index contributed by atoms with van der Waals surface area (Å²) in [5.74, 6) is 0.448. The van der Waals surface area contributed by atoms with Crippen molar-refractivity contribution in [1.29, 1.82) is 0 Å². The van der Waals surface area contributed by atoms with Gasteiger partial charge in [0.05, 0.1) is 11.8 Å². The van der Waals surface area contributed by atoms with Crippen LogP contribution in [0, 0.1) is 0 Å². The van der Waals surface area contributed by atoms with Crippen LogP contribution in [0.15, 0.2) is 66.9 Å². The van der Waals surface area contributed by atoms with Crippen molar-refractivity contribution in [3.63, 3.8) is 0 Å². The van der Waals surface area contributed by atoms with Crippen LogP contribution in [0.3, 0.4) is 0 Å². The van der Waals surface area contributed by atoms with E-state index in [0.717, 1.165) is 17.1 Å². The van der Waals surface area contributed by atoms with Crippen LogP contribution in [-0.4, -0.2) is 17.0 Å². The average molecular weight is 382 g/mol. The molecule has 0 spiro atoms. The molecule has 0 saturated heterocycles.